The topological polar surface area (TPSA) is 150 Å². The number of carbonyl (C=O) groups excluding carboxylic acids is 1. The van der Waals surface area contributed by atoms with Crippen molar-refractivity contribution in [3.05, 3.63) is 23.5 Å². The van der Waals surface area contributed by atoms with Crippen LogP contribution in [-0.4, -0.2) is 68.6 Å². The van der Waals surface area contributed by atoms with Gasteiger partial charge in [-0.3, -0.25) is 9.69 Å². The van der Waals surface area contributed by atoms with Crippen molar-refractivity contribution in [2.75, 3.05) is 32.0 Å². The summed E-state index contributed by atoms with van der Waals surface area (Å²) in [6.07, 6.45) is 9.03. The zero-order valence-corrected chi connectivity index (χ0v) is 15.9. The SMILES string of the molecule is Nc1nonc1-n1nnc(C(=O)N/N=C/C2CC=CCC2)c1CN1CCOCC1. The number of hydrogen-bond donors (Lipinski definition) is 2. The number of rotatable bonds is 6. The summed E-state index contributed by atoms with van der Waals surface area (Å²) in [4.78, 5) is 14.9. The van der Waals surface area contributed by atoms with E-state index < -0.39 is 5.91 Å². The van der Waals surface area contributed by atoms with Gasteiger partial charge in [0.15, 0.2) is 5.69 Å². The lowest BCUT2D eigenvalue weighted by Crippen LogP contribution is -2.37. The largest absolute Gasteiger partial charge is 0.379 e. The number of ether oxygens (including phenoxy) is 1. The fourth-order valence-electron chi connectivity index (χ4n) is 3.31. The van der Waals surface area contributed by atoms with Crippen LogP contribution < -0.4 is 11.2 Å². The number of carbonyl (C=O) groups is 1. The number of nitrogen functional groups attached to an aromatic ring is 1. The van der Waals surface area contributed by atoms with Gasteiger partial charge in [0, 0.05) is 25.8 Å². The van der Waals surface area contributed by atoms with Crippen LogP contribution in [0.3, 0.4) is 0 Å². The first-order valence-corrected chi connectivity index (χ1v) is 9.54. The van der Waals surface area contributed by atoms with Crippen LogP contribution in [0, 0.1) is 5.92 Å². The number of anilines is 1. The minimum atomic E-state index is -0.447. The molecule has 0 bridgehead atoms. The van der Waals surface area contributed by atoms with E-state index in [2.05, 4.69) is 52.8 Å². The highest BCUT2D eigenvalue weighted by molar-refractivity contribution is 5.93. The number of allylic oxidation sites excluding steroid dienone is 2. The van der Waals surface area contributed by atoms with Gasteiger partial charge < -0.3 is 10.5 Å². The molecule has 1 saturated heterocycles. The number of nitrogens with two attached hydrogens (primary N) is 1. The Morgan fingerprint density at radius 1 is 1.34 bits per heavy atom. The maximum Gasteiger partial charge on any atom is 0.293 e. The molecule has 4 rings (SSSR count). The summed E-state index contributed by atoms with van der Waals surface area (Å²) in [5.41, 5.74) is 9.04. The summed E-state index contributed by atoms with van der Waals surface area (Å²) in [6, 6.07) is 0. The van der Waals surface area contributed by atoms with Gasteiger partial charge >= 0.3 is 0 Å². The molecule has 3 N–H and O–H groups in total. The maximum atomic E-state index is 12.7. The molecule has 1 fully saturated rings. The summed E-state index contributed by atoms with van der Waals surface area (Å²) < 4.78 is 11.4. The molecule has 1 aliphatic carbocycles. The first-order chi connectivity index (χ1) is 14.2. The van der Waals surface area contributed by atoms with Gasteiger partial charge in [0.25, 0.3) is 5.91 Å². The van der Waals surface area contributed by atoms with Crippen LogP contribution in [0.1, 0.15) is 35.4 Å². The average Bonchev–Trinajstić information content (AvgIpc) is 3.35. The lowest BCUT2D eigenvalue weighted by molar-refractivity contribution is 0.0332. The highest BCUT2D eigenvalue weighted by Crippen LogP contribution is 2.18. The average molecular weight is 401 g/mol. The zero-order valence-electron chi connectivity index (χ0n) is 15.9. The van der Waals surface area contributed by atoms with Crippen molar-refractivity contribution in [1.82, 2.24) is 35.6 Å². The van der Waals surface area contributed by atoms with Gasteiger partial charge in [0.05, 0.1) is 18.9 Å². The van der Waals surface area contributed by atoms with Crippen molar-refractivity contribution >= 4 is 17.9 Å². The van der Waals surface area contributed by atoms with Gasteiger partial charge in [-0.2, -0.15) is 9.78 Å². The molecule has 3 heterocycles. The van der Waals surface area contributed by atoms with Gasteiger partial charge in [0.2, 0.25) is 11.6 Å². The Hall–Kier alpha value is -3.12. The number of morpholine rings is 1. The van der Waals surface area contributed by atoms with Gasteiger partial charge in [-0.05, 0) is 35.5 Å². The number of aromatic nitrogens is 5. The molecule has 1 unspecified atom stereocenters. The molecule has 2 aliphatic rings. The molecule has 0 radical (unpaired) electrons. The molecular weight excluding hydrogens is 378 g/mol. The highest BCUT2D eigenvalue weighted by Gasteiger charge is 2.26. The molecular formula is C17H23N9O3. The fourth-order valence-corrected chi connectivity index (χ4v) is 3.31. The van der Waals surface area contributed by atoms with Gasteiger partial charge in [-0.15, -0.1) is 5.10 Å². The van der Waals surface area contributed by atoms with E-state index in [4.69, 9.17) is 10.5 Å². The smallest absolute Gasteiger partial charge is 0.293 e. The second-order valence-corrected chi connectivity index (χ2v) is 6.92. The Bertz CT molecular complexity index is 898. The second kappa shape index (κ2) is 8.92. The van der Waals surface area contributed by atoms with Gasteiger partial charge in [0.1, 0.15) is 0 Å². The van der Waals surface area contributed by atoms with Gasteiger partial charge in [-0.25, -0.2) is 10.1 Å². The normalized spacial score (nSPS) is 20.3. The van der Waals surface area contributed by atoms with Crippen molar-refractivity contribution in [2.45, 2.75) is 25.8 Å². The summed E-state index contributed by atoms with van der Waals surface area (Å²) in [5.74, 6) is 0.132. The van der Waals surface area contributed by atoms with E-state index in [1.54, 1.807) is 6.21 Å². The molecule has 1 amide bonds. The summed E-state index contributed by atoms with van der Waals surface area (Å²) in [5, 5.41) is 19.5. The minimum Gasteiger partial charge on any atom is -0.379 e. The first-order valence-electron chi connectivity index (χ1n) is 9.54. The maximum absolute atomic E-state index is 12.7. The zero-order chi connectivity index (χ0) is 20.1. The summed E-state index contributed by atoms with van der Waals surface area (Å²) >= 11 is 0. The second-order valence-electron chi connectivity index (χ2n) is 6.92. The molecule has 0 saturated carbocycles. The number of hydrogen-bond acceptors (Lipinski definition) is 10. The van der Waals surface area contributed by atoms with E-state index in [1.165, 1.54) is 4.68 Å². The van der Waals surface area contributed by atoms with E-state index in [-0.39, 0.29) is 17.3 Å². The molecule has 12 nitrogen and oxygen atoms in total. The van der Waals surface area contributed by atoms with Crippen LogP contribution in [0.5, 0.6) is 0 Å². The van der Waals surface area contributed by atoms with Crippen molar-refractivity contribution in [2.24, 2.45) is 11.0 Å². The predicted octanol–water partition coefficient (Wildman–Crippen LogP) is 0.137. The molecule has 2 aromatic rings. The van der Waals surface area contributed by atoms with Crippen LogP contribution in [0.25, 0.3) is 5.82 Å². The molecule has 2 aromatic heterocycles. The van der Waals surface area contributed by atoms with Gasteiger partial charge in [-0.1, -0.05) is 17.4 Å². The van der Waals surface area contributed by atoms with Crippen LogP contribution in [0.2, 0.25) is 0 Å². The number of hydrazone groups is 1. The standard InChI is InChI=1S/C17H23N9O3/c18-15-16(23-29-22-15)26-13(11-25-6-8-28-9-7-25)14(20-24-26)17(27)21-19-10-12-4-2-1-3-5-12/h1-2,10,12H,3-9,11H2,(H2,18,22)(H,21,27)/b19-10+. The molecule has 0 aromatic carbocycles. The lowest BCUT2D eigenvalue weighted by Gasteiger charge is -2.26. The highest BCUT2D eigenvalue weighted by atomic mass is 16.6. The van der Waals surface area contributed by atoms with E-state index in [0.717, 1.165) is 32.4 Å². The number of nitrogens with zero attached hydrogens (tertiary/aromatic N) is 7. The van der Waals surface area contributed by atoms with E-state index in [9.17, 15) is 4.79 Å². The predicted molar refractivity (Wildman–Crippen MR) is 102 cm³/mol. The van der Waals surface area contributed by atoms with Crippen molar-refractivity contribution in [1.29, 1.82) is 0 Å². The first kappa shape index (κ1) is 19.2. The van der Waals surface area contributed by atoms with Crippen LogP contribution in [0.4, 0.5) is 5.82 Å². The molecule has 29 heavy (non-hydrogen) atoms. The monoisotopic (exact) mass is 401 g/mol. The van der Waals surface area contributed by atoms with E-state index >= 15 is 0 Å². The Balaban J connectivity index is 1.54. The Kier molecular flexibility index (Phi) is 5.91. The summed E-state index contributed by atoms with van der Waals surface area (Å²) in [6.45, 7) is 3.12. The third-order valence-electron chi connectivity index (χ3n) is 4.91. The van der Waals surface area contributed by atoms with Crippen molar-refractivity contribution in [3.63, 3.8) is 0 Å². The molecule has 154 valence electrons. The molecule has 1 atom stereocenters. The Morgan fingerprint density at radius 3 is 2.93 bits per heavy atom. The quantitative estimate of drug-likeness (QED) is 0.391. The molecule has 0 spiro atoms. The Morgan fingerprint density at radius 2 is 2.21 bits per heavy atom. The minimum absolute atomic E-state index is 0.0634. The van der Waals surface area contributed by atoms with Crippen molar-refractivity contribution < 1.29 is 14.2 Å². The van der Waals surface area contributed by atoms with E-state index in [1.807, 2.05) is 0 Å². The van der Waals surface area contributed by atoms with Crippen LogP contribution >= 0.6 is 0 Å². The Labute approximate surface area is 166 Å². The molecule has 1 aliphatic heterocycles. The van der Waals surface area contributed by atoms with E-state index in [0.29, 0.717) is 31.4 Å². The molecule has 12 heteroatoms. The fraction of sp³-hybridized carbons (Fsp3) is 0.529. The number of nitrogens with one attached hydrogen (secondary N) is 1. The van der Waals surface area contributed by atoms with Crippen LogP contribution in [-0.2, 0) is 11.3 Å². The lowest BCUT2D eigenvalue weighted by atomic mass is 9.96. The third kappa shape index (κ3) is 4.49. The number of amides is 1. The van der Waals surface area contributed by atoms with Crippen molar-refractivity contribution in [3.8, 4) is 5.82 Å². The third-order valence-corrected chi connectivity index (χ3v) is 4.91. The summed E-state index contributed by atoms with van der Waals surface area (Å²) in [7, 11) is 0. The van der Waals surface area contributed by atoms with Crippen LogP contribution in [0.15, 0.2) is 21.9 Å².